The van der Waals surface area contributed by atoms with Crippen molar-refractivity contribution in [2.45, 2.75) is 20.3 Å². The fraction of sp³-hybridized carbons (Fsp3) is 0.312. The van der Waals surface area contributed by atoms with Crippen LogP contribution < -0.4 is 16.0 Å². The summed E-state index contributed by atoms with van der Waals surface area (Å²) in [6, 6.07) is 7.56. The highest BCUT2D eigenvalue weighted by atomic mass is 32.1. The van der Waals surface area contributed by atoms with E-state index in [9.17, 15) is 9.59 Å². The molecular weight excluding hydrogens is 312 g/mol. The number of hydrogen-bond acceptors (Lipinski definition) is 4. The molecular formula is C16H20N4O2S. The summed E-state index contributed by atoms with van der Waals surface area (Å²) in [6.07, 6.45) is 2.59. The van der Waals surface area contributed by atoms with Gasteiger partial charge in [-0.15, -0.1) is 0 Å². The van der Waals surface area contributed by atoms with Crippen LogP contribution in [0.15, 0.2) is 30.5 Å². The Hall–Kier alpha value is -2.41. The molecule has 6 nitrogen and oxygen atoms in total. The molecule has 0 saturated heterocycles. The highest BCUT2D eigenvalue weighted by molar-refractivity contribution is 7.19. The van der Waals surface area contributed by atoms with Gasteiger partial charge in [-0.3, -0.25) is 10.1 Å². The number of carbonyl (C=O) groups excluding carboxylic acids is 2. The molecule has 1 aromatic carbocycles. The van der Waals surface area contributed by atoms with Crippen LogP contribution in [0.25, 0.3) is 10.4 Å². The summed E-state index contributed by atoms with van der Waals surface area (Å²) in [5.74, 6) is -0.207. The Labute approximate surface area is 139 Å². The van der Waals surface area contributed by atoms with Crippen LogP contribution >= 0.6 is 11.3 Å². The average Bonchev–Trinajstić information content (AvgIpc) is 2.99. The Morgan fingerprint density at radius 1 is 1.22 bits per heavy atom. The zero-order chi connectivity index (χ0) is 16.7. The molecule has 0 unspecified atom stereocenters. The Kier molecular flexibility index (Phi) is 6.10. The van der Waals surface area contributed by atoms with Crippen molar-refractivity contribution in [3.8, 4) is 10.4 Å². The molecule has 0 saturated carbocycles. The smallest absolute Gasteiger partial charge is 0.321 e. The number of amides is 3. The van der Waals surface area contributed by atoms with Crippen molar-refractivity contribution in [1.29, 1.82) is 0 Å². The summed E-state index contributed by atoms with van der Waals surface area (Å²) in [4.78, 5) is 28.4. The normalized spacial score (nSPS) is 10.2. The minimum absolute atomic E-state index is 0.0537. The Bertz CT molecular complexity index is 684. The third kappa shape index (κ3) is 5.07. The van der Waals surface area contributed by atoms with Crippen molar-refractivity contribution in [3.63, 3.8) is 0 Å². The second kappa shape index (κ2) is 8.28. The molecule has 7 heteroatoms. The topological polar surface area (TPSA) is 83.1 Å². The lowest BCUT2D eigenvalue weighted by Gasteiger charge is -2.06. The lowest BCUT2D eigenvalue weighted by Crippen LogP contribution is -2.39. The highest BCUT2D eigenvalue weighted by Gasteiger charge is 2.10. The van der Waals surface area contributed by atoms with Gasteiger partial charge in [0.25, 0.3) is 0 Å². The Balaban J connectivity index is 1.88. The molecule has 0 fully saturated rings. The van der Waals surface area contributed by atoms with Gasteiger partial charge in [0.2, 0.25) is 5.91 Å². The zero-order valence-electron chi connectivity index (χ0n) is 13.2. The number of urea groups is 1. The van der Waals surface area contributed by atoms with E-state index in [-0.39, 0.29) is 12.5 Å². The minimum Gasteiger partial charge on any atom is -0.355 e. The van der Waals surface area contributed by atoms with Crippen LogP contribution in [0.5, 0.6) is 0 Å². The number of hydrogen-bond donors (Lipinski definition) is 3. The third-order valence-corrected chi connectivity index (χ3v) is 4.06. The minimum atomic E-state index is -0.442. The maximum atomic E-state index is 11.8. The highest BCUT2D eigenvalue weighted by Crippen LogP contribution is 2.30. The van der Waals surface area contributed by atoms with Crippen molar-refractivity contribution in [1.82, 2.24) is 15.6 Å². The van der Waals surface area contributed by atoms with Crippen LogP contribution in [0.4, 0.5) is 9.93 Å². The Morgan fingerprint density at radius 3 is 2.74 bits per heavy atom. The summed E-state index contributed by atoms with van der Waals surface area (Å²) in [5, 5.41) is 8.33. The molecule has 23 heavy (non-hydrogen) atoms. The van der Waals surface area contributed by atoms with Crippen molar-refractivity contribution >= 4 is 28.4 Å². The van der Waals surface area contributed by atoms with Gasteiger partial charge in [0.15, 0.2) is 5.13 Å². The number of rotatable bonds is 6. The van der Waals surface area contributed by atoms with E-state index >= 15 is 0 Å². The van der Waals surface area contributed by atoms with Gasteiger partial charge in [-0.05, 0) is 24.5 Å². The predicted molar refractivity (Wildman–Crippen MR) is 92.6 cm³/mol. The molecule has 3 N–H and O–H groups in total. The number of thiazole rings is 1. The molecule has 0 atom stereocenters. The van der Waals surface area contributed by atoms with E-state index in [0.29, 0.717) is 11.7 Å². The van der Waals surface area contributed by atoms with Crippen LogP contribution in [0.2, 0.25) is 0 Å². The van der Waals surface area contributed by atoms with E-state index in [1.807, 2.05) is 38.1 Å². The van der Waals surface area contributed by atoms with Crippen LogP contribution in [-0.4, -0.2) is 30.0 Å². The quantitative estimate of drug-likeness (QED) is 0.760. The second-order valence-corrected chi connectivity index (χ2v) is 6.03. The molecule has 0 aliphatic carbocycles. The first-order valence-corrected chi connectivity index (χ1v) is 8.25. The van der Waals surface area contributed by atoms with Crippen LogP contribution in [0.1, 0.15) is 18.9 Å². The molecule has 0 radical (unpaired) electrons. The largest absolute Gasteiger partial charge is 0.355 e. The fourth-order valence-corrected chi connectivity index (χ4v) is 2.84. The number of carbonyl (C=O) groups is 2. The molecule has 0 spiro atoms. The zero-order valence-corrected chi connectivity index (χ0v) is 14.0. The van der Waals surface area contributed by atoms with Gasteiger partial charge in [0.05, 0.1) is 11.4 Å². The van der Waals surface area contributed by atoms with Crippen molar-refractivity contribution in [3.05, 3.63) is 36.0 Å². The van der Waals surface area contributed by atoms with E-state index in [1.54, 1.807) is 6.20 Å². The molecule has 0 aliphatic heterocycles. The summed E-state index contributed by atoms with van der Waals surface area (Å²) in [7, 11) is 0. The summed E-state index contributed by atoms with van der Waals surface area (Å²) < 4.78 is 0. The Morgan fingerprint density at radius 2 is 2.00 bits per heavy atom. The van der Waals surface area contributed by atoms with E-state index in [4.69, 9.17) is 0 Å². The first-order chi connectivity index (χ1) is 11.1. The van der Waals surface area contributed by atoms with E-state index < -0.39 is 6.03 Å². The number of aromatic nitrogens is 1. The number of anilines is 1. The average molecular weight is 332 g/mol. The molecule has 122 valence electrons. The maximum Gasteiger partial charge on any atom is 0.321 e. The second-order valence-electron chi connectivity index (χ2n) is 5.00. The molecule has 3 amide bonds. The fourth-order valence-electron chi connectivity index (χ4n) is 1.93. The summed E-state index contributed by atoms with van der Waals surface area (Å²) in [6.45, 7) is 4.55. The van der Waals surface area contributed by atoms with Crippen LogP contribution in [0.3, 0.4) is 0 Å². The molecule has 2 rings (SSSR count). The van der Waals surface area contributed by atoms with Gasteiger partial charge in [0, 0.05) is 12.7 Å². The summed E-state index contributed by atoms with van der Waals surface area (Å²) in [5.41, 5.74) is 2.25. The number of nitrogens with one attached hydrogen (secondary N) is 3. The van der Waals surface area contributed by atoms with E-state index in [2.05, 4.69) is 20.9 Å². The standard InChI is InChI=1S/C16H20N4O2S/c1-3-8-17-14(21)10-18-15(22)20-16-19-9-13(23-16)12-7-5-4-6-11(12)2/h4-7,9H,3,8,10H2,1-2H3,(H,17,21)(H2,18,19,20,22). The van der Waals surface area contributed by atoms with Gasteiger partial charge >= 0.3 is 6.03 Å². The van der Waals surface area contributed by atoms with E-state index in [0.717, 1.165) is 22.4 Å². The van der Waals surface area contributed by atoms with Gasteiger partial charge < -0.3 is 10.6 Å². The van der Waals surface area contributed by atoms with Crippen LogP contribution in [-0.2, 0) is 4.79 Å². The lowest BCUT2D eigenvalue weighted by molar-refractivity contribution is -0.120. The molecule has 0 bridgehead atoms. The summed E-state index contributed by atoms with van der Waals surface area (Å²) >= 11 is 1.39. The van der Waals surface area contributed by atoms with Gasteiger partial charge in [0.1, 0.15) is 0 Å². The molecule has 1 heterocycles. The van der Waals surface area contributed by atoms with Gasteiger partial charge in [-0.1, -0.05) is 42.5 Å². The lowest BCUT2D eigenvalue weighted by atomic mass is 10.1. The van der Waals surface area contributed by atoms with Gasteiger partial charge in [-0.2, -0.15) is 0 Å². The number of benzene rings is 1. The van der Waals surface area contributed by atoms with Crippen molar-refractivity contribution in [2.75, 3.05) is 18.4 Å². The predicted octanol–water partition coefficient (Wildman–Crippen LogP) is 2.77. The van der Waals surface area contributed by atoms with E-state index in [1.165, 1.54) is 11.3 Å². The molecule has 2 aromatic rings. The molecule has 1 aromatic heterocycles. The SMILES string of the molecule is CCCNC(=O)CNC(=O)Nc1ncc(-c2ccccc2C)s1. The molecule has 0 aliphatic rings. The first kappa shape index (κ1) is 17.0. The maximum absolute atomic E-state index is 11.8. The number of nitrogens with zero attached hydrogens (tertiary/aromatic N) is 1. The monoisotopic (exact) mass is 332 g/mol. The third-order valence-electron chi connectivity index (χ3n) is 3.12. The first-order valence-electron chi connectivity index (χ1n) is 7.43. The van der Waals surface area contributed by atoms with Crippen molar-refractivity contribution < 1.29 is 9.59 Å². The van der Waals surface area contributed by atoms with Gasteiger partial charge in [-0.25, -0.2) is 9.78 Å². The van der Waals surface area contributed by atoms with Crippen molar-refractivity contribution in [2.24, 2.45) is 0 Å². The van der Waals surface area contributed by atoms with Crippen LogP contribution in [0, 0.1) is 6.92 Å². The number of aryl methyl sites for hydroxylation is 1.